The molecule has 1 aliphatic carbocycles. The molecule has 0 unspecified atom stereocenters. The molecule has 6 heteroatoms. The first-order chi connectivity index (χ1) is 11.7. The molecule has 1 saturated carbocycles. The normalized spacial score (nSPS) is 19.8. The minimum absolute atomic E-state index is 0.108. The van der Waals surface area contributed by atoms with Crippen molar-refractivity contribution in [3.63, 3.8) is 0 Å². The molecule has 6 nitrogen and oxygen atoms in total. The Hall–Kier alpha value is -2.47. The van der Waals surface area contributed by atoms with Gasteiger partial charge in [0.2, 0.25) is 0 Å². The third kappa shape index (κ3) is 3.71. The standard InChI is InChI=1S/C18H22N4O2/c1-2-22(11-17(23)24)15-8-14(9-15)21-18-16(10-19-12-20-18)13-6-4-3-5-7-13/h3-7,10,12,14-15H,2,8-9,11H2,1H3,(H,23,24)(H,19,20,21). The molecule has 0 radical (unpaired) electrons. The van der Waals surface area contributed by atoms with Crippen LogP contribution in [0.25, 0.3) is 11.1 Å². The molecule has 126 valence electrons. The van der Waals surface area contributed by atoms with E-state index >= 15 is 0 Å². The van der Waals surface area contributed by atoms with Gasteiger partial charge in [0, 0.05) is 23.8 Å². The van der Waals surface area contributed by atoms with Crippen molar-refractivity contribution in [2.75, 3.05) is 18.4 Å². The van der Waals surface area contributed by atoms with Crippen LogP contribution in [0.4, 0.5) is 5.82 Å². The molecular formula is C18H22N4O2. The SMILES string of the molecule is CCN(CC(=O)O)C1CC(Nc2ncncc2-c2ccccc2)C1. The molecule has 2 N–H and O–H groups in total. The fraction of sp³-hybridized carbons (Fsp3) is 0.389. The van der Waals surface area contributed by atoms with E-state index in [0.29, 0.717) is 12.1 Å². The van der Waals surface area contributed by atoms with Crippen molar-refractivity contribution in [3.8, 4) is 11.1 Å². The van der Waals surface area contributed by atoms with E-state index in [4.69, 9.17) is 5.11 Å². The number of carbonyl (C=O) groups is 1. The van der Waals surface area contributed by atoms with Gasteiger partial charge in [-0.3, -0.25) is 9.69 Å². The first-order valence-corrected chi connectivity index (χ1v) is 8.25. The number of aromatic nitrogens is 2. The summed E-state index contributed by atoms with van der Waals surface area (Å²) in [4.78, 5) is 21.4. The Kier molecular flexibility index (Phi) is 5.05. The van der Waals surface area contributed by atoms with Crippen molar-refractivity contribution in [1.82, 2.24) is 14.9 Å². The first-order valence-electron chi connectivity index (χ1n) is 8.25. The van der Waals surface area contributed by atoms with E-state index in [1.165, 1.54) is 0 Å². The summed E-state index contributed by atoms with van der Waals surface area (Å²) in [7, 11) is 0. The van der Waals surface area contributed by atoms with Gasteiger partial charge in [-0.15, -0.1) is 0 Å². The van der Waals surface area contributed by atoms with Crippen molar-refractivity contribution < 1.29 is 9.90 Å². The Morgan fingerprint density at radius 3 is 2.75 bits per heavy atom. The van der Waals surface area contributed by atoms with E-state index in [-0.39, 0.29) is 6.54 Å². The second-order valence-electron chi connectivity index (χ2n) is 6.07. The lowest BCUT2D eigenvalue weighted by atomic mass is 9.85. The third-order valence-electron chi connectivity index (χ3n) is 4.51. The number of hydrogen-bond donors (Lipinski definition) is 2. The molecule has 0 bridgehead atoms. The predicted molar refractivity (Wildman–Crippen MR) is 92.8 cm³/mol. The molecule has 1 aromatic carbocycles. The lowest BCUT2D eigenvalue weighted by Crippen LogP contribution is -2.51. The summed E-state index contributed by atoms with van der Waals surface area (Å²) in [5, 5.41) is 12.5. The third-order valence-corrected chi connectivity index (χ3v) is 4.51. The highest BCUT2D eigenvalue weighted by Crippen LogP contribution is 2.31. The molecule has 24 heavy (non-hydrogen) atoms. The zero-order valence-electron chi connectivity index (χ0n) is 13.7. The summed E-state index contributed by atoms with van der Waals surface area (Å²) in [5.74, 6) is 0.0661. The molecule has 0 saturated heterocycles. The number of nitrogens with one attached hydrogen (secondary N) is 1. The van der Waals surface area contributed by atoms with Gasteiger partial charge in [-0.1, -0.05) is 37.3 Å². The number of aliphatic carboxylic acids is 1. The van der Waals surface area contributed by atoms with Crippen molar-refractivity contribution in [3.05, 3.63) is 42.9 Å². The molecule has 0 atom stereocenters. The zero-order valence-corrected chi connectivity index (χ0v) is 13.7. The topological polar surface area (TPSA) is 78.4 Å². The van der Waals surface area contributed by atoms with Crippen LogP contribution in [0.5, 0.6) is 0 Å². The molecule has 1 aromatic heterocycles. The quantitative estimate of drug-likeness (QED) is 0.814. The molecular weight excluding hydrogens is 304 g/mol. The highest BCUT2D eigenvalue weighted by molar-refractivity contribution is 5.74. The van der Waals surface area contributed by atoms with Crippen LogP contribution in [-0.4, -0.2) is 51.1 Å². The van der Waals surface area contributed by atoms with Gasteiger partial charge in [-0.05, 0) is 24.9 Å². The fourth-order valence-electron chi connectivity index (χ4n) is 3.14. The Balaban J connectivity index is 1.64. The highest BCUT2D eigenvalue weighted by Gasteiger charge is 2.34. The van der Waals surface area contributed by atoms with E-state index in [0.717, 1.165) is 36.3 Å². The van der Waals surface area contributed by atoms with Gasteiger partial charge < -0.3 is 10.4 Å². The molecule has 3 rings (SSSR count). The summed E-state index contributed by atoms with van der Waals surface area (Å²) in [6.07, 6.45) is 5.23. The van der Waals surface area contributed by atoms with Gasteiger partial charge in [0.05, 0.1) is 6.54 Å². The van der Waals surface area contributed by atoms with Crippen molar-refractivity contribution in [2.24, 2.45) is 0 Å². The number of anilines is 1. The largest absolute Gasteiger partial charge is 0.480 e. The van der Waals surface area contributed by atoms with Gasteiger partial charge in [0.1, 0.15) is 12.1 Å². The number of rotatable bonds is 7. The summed E-state index contributed by atoms with van der Waals surface area (Å²) in [5.41, 5.74) is 2.07. The lowest BCUT2D eigenvalue weighted by molar-refractivity contribution is -0.139. The van der Waals surface area contributed by atoms with Crippen LogP contribution >= 0.6 is 0 Å². The zero-order chi connectivity index (χ0) is 16.9. The van der Waals surface area contributed by atoms with E-state index in [1.807, 2.05) is 48.4 Å². The average molecular weight is 326 g/mol. The van der Waals surface area contributed by atoms with Crippen LogP contribution in [0, 0.1) is 0 Å². The number of likely N-dealkylation sites (N-methyl/N-ethyl adjacent to an activating group) is 1. The fourth-order valence-corrected chi connectivity index (χ4v) is 3.14. The van der Waals surface area contributed by atoms with Crippen LogP contribution < -0.4 is 5.32 Å². The van der Waals surface area contributed by atoms with E-state index in [2.05, 4.69) is 15.3 Å². The van der Waals surface area contributed by atoms with Gasteiger partial charge >= 0.3 is 5.97 Å². The molecule has 1 aliphatic rings. The van der Waals surface area contributed by atoms with E-state index in [9.17, 15) is 4.79 Å². The Bertz CT molecular complexity index is 686. The van der Waals surface area contributed by atoms with E-state index < -0.39 is 5.97 Å². The molecule has 1 fully saturated rings. The van der Waals surface area contributed by atoms with Gasteiger partial charge in [-0.2, -0.15) is 0 Å². The lowest BCUT2D eigenvalue weighted by Gasteiger charge is -2.42. The maximum atomic E-state index is 10.9. The molecule has 0 aliphatic heterocycles. The number of carboxylic acids is 1. The van der Waals surface area contributed by atoms with Crippen LogP contribution in [0.15, 0.2) is 42.9 Å². The number of carboxylic acid groups (broad SMARTS) is 1. The molecule has 0 spiro atoms. The van der Waals surface area contributed by atoms with Crippen LogP contribution in [-0.2, 0) is 4.79 Å². The Morgan fingerprint density at radius 2 is 2.08 bits per heavy atom. The average Bonchev–Trinajstić information content (AvgIpc) is 2.57. The van der Waals surface area contributed by atoms with Crippen LogP contribution in [0.1, 0.15) is 19.8 Å². The smallest absolute Gasteiger partial charge is 0.317 e. The second kappa shape index (κ2) is 7.40. The van der Waals surface area contributed by atoms with Gasteiger partial charge in [0.25, 0.3) is 0 Å². The minimum Gasteiger partial charge on any atom is -0.480 e. The van der Waals surface area contributed by atoms with Crippen molar-refractivity contribution in [1.29, 1.82) is 0 Å². The van der Waals surface area contributed by atoms with Crippen LogP contribution in [0.3, 0.4) is 0 Å². The maximum Gasteiger partial charge on any atom is 0.317 e. The van der Waals surface area contributed by atoms with Gasteiger partial charge in [0.15, 0.2) is 0 Å². The molecule has 0 amide bonds. The summed E-state index contributed by atoms with van der Waals surface area (Å²) < 4.78 is 0. The van der Waals surface area contributed by atoms with Gasteiger partial charge in [-0.25, -0.2) is 9.97 Å². The Morgan fingerprint density at radius 1 is 1.33 bits per heavy atom. The monoisotopic (exact) mass is 326 g/mol. The second-order valence-corrected chi connectivity index (χ2v) is 6.07. The minimum atomic E-state index is -0.768. The highest BCUT2D eigenvalue weighted by atomic mass is 16.4. The molecule has 2 aromatic rings. The van der Waals surface area contributed by atoms with Crippen LogP contribution in [0.2, 0.25) is 0 Å². The summed E-state index contributed by atoms with van der Waals surface area (Å²) in [6.45, 7) is 2.87. The number of hydrogen-bond acceptors (Lipinski definition) is 5. The predicted octanol–water partition coefficient (Wildman–Crippen LogP) is 2.49. The number of benzene rings is 1. The summed E-state index contributed by atoms with van der Waals surface area (Å²) >= 11 is 0. The van der Waals surface area contributed by atoms with Crippen molar-refractivity contribution >= 4 is 11.8 Å². The molecule has 1 heterocycles. The first kappa shape index (κ1) is 16.4. The Labute approximate surface area is 141 Å². The maximum absolute atomic E-state index is 10.9. The van der Waals surface area contributed by atoms with Crippen molar-refractivity contribution in [2.45, 2.75) is 31.8 Å². The number of nitrogens with zero attached hydrogens (tertiary/aromatic N) is 3. The summed E-state index contributed by atoms with van der Waals surface area (Å²) in [6, 6.07) is 10.7. The van der Waals surface area contributed by atoms with E-state index in [1.54, 1.807) is 6.33 Å².